The van der Waals surface area contributed by atoms with Gasteiger partial charge in [-0.1, -0.05) is 0 Å². The number of anilines is 1. The van der Waals surface area contributed by atoms with Crippen LogP contribution in [-0.2, 0) is 6.54 Å². The zero-order valence-electron chi connectivity index (χ0n) is 15.2. The van der Waals surface area contributed by atoms with Crippen LogP contribution in [0.25, 0.3) is 0 Å². The lowest BCUT2D eigenvalue weighted by Gasteiger charge is -2.12. The zero-order chi connectivity index (χ0) is 19.4. The molecule has 0 saturated heterocycles. The Labute approximate surface area is 156 Å². The number of nitrogens with one attached hydrogen (secondary N) is 2. The molecule has 1 aliphatic carbocycles. The first-order valence-electron chi connectivity index (χ1n) is 8.56. The van der Waals surface area contributed by atoms with Crippen molar-refractivity contribution in [1.82, 2.24) is 5.32 Å². The lowest BCUT2D eigenvalue weighted by Crippen LogP contribution is -2.23. The number of amides is 1. The van der Waals surface area contributed by atoms with E-state index in [-0.39, 0.29) is 23.8 Å². The fourth-order valence-corrected chi connectivity index (χ4v) is 2.67. The summed E-state index contributed by atoms with van der Waals surface area (Å²) in [5.41, 5.74) is 1.34. The molecule has 1 amide bonds. The van der Waals surface area contributed by atoms with Crippen LogP contribution in [0.4, 0.5) is 11.4 Å². The average Bonchev–Trinajstić information content (AvgIpc) is 3.50. The molecule has 0 aliphatic heterocycles. The van der Waals surface area contributed by atoms with Gasteiger partial charge in [0.1, 0.15) is 17.2 Å². The van der Waals surface area contributed by atoms with Crippen LogP contribution in [0.1, 0.15) is 28.8 Å². The summed E-state index contributed by atoms with van der Waals surface area (Å²) in [6.07, 6.45) is 2.01. The van der Waals surface area contributed by atoms with Gasteiger partial charge in [0, 0.05) is 35.8 Å². The van der Waals surface area contributed by atoms with E-state index in [1.165, 1.54) is 13.2 Å². The maximum absolute atomic E-state index is 12.4. The van der Waals surface area contributed by atoms with Gasteiger partial charge in [-0.15, -0.1) is 0 Å². The van der Waals surface area contributed by atoms with Crippen molar-refractivity contribution < 1.29 is 19.2 Å². The molecule has 0 unspecified atom stereocenters. The second-order valence-corrected chi connectivity index (χ2v) is 6.27. The van der Waals surface area contributed by atoms with Crippen LogP contribution < -0.4 is 20.1 Å². The largest absolute Gasteiger partial charge is 0.497 e. The summed E-state index contributed by atoms with van der Waals surface area (Å²) >= 11 is 0. The SMILES string of the molecule is COc1ccc(CNC(=O)c2ccc(NC3CC3)c([N+](=O)[O-])c2)c(OC)c1. The molecule has 8 nitrogen and oxygen atoms in total. The van der Waals surface area contributed by atoms with Crippen molar-refractivity contribution in [3.63, 3.8) is 0 Å². The van der Waals surface area contributed by atoms with Crippen molar-refractivity contribution in [3.05, 3.63) is 57.6 Å². The number of carbonyl (C=O) groups excluding carboxylic acids is 1. The van der Waals surface area contributed by atoms with Crippen LogP contribution in [0, 0.1) is 10.1 Å². The monoisotopic (exact) mass is 371 g/mol. The maximum Gasteiger partial charge on any atom is 0.293 e. The summed E-state index contributed by atoms with van der Waals surface area (Å²) in [6.45, 7) is 0.224. The van der Waals surface area contributed by atoms with Gasteiger partial charge in [0.2, 0.25) is 0 Å². The molecule has 142 valence electrons. The molecule has 2 aromatic carbocycles. The van der Waals surface area contributed by atoms with Crippen molar-refractivity contribution >= 4 is 17.3 Å². The molecule has 0 radical (unpaired) electrons. The van der Waals surface area contributed by atoms with E-state index in [0.717, 1.165) is 18.4 Å². The summed E-state index contributed by atoms with van der Waals surface area (Å²) in [4.78, 5) is 23.3. The first-order valence-corrected chi connectivity index (χ1v) is 8.56. The highest BCUT2D eigenvalue weighted by atomic mass is 16.6. The molecule has 2 N–H and O–H groups in total. The summed E-state index contributed by atoms with van der Waals surface area (Å²) < 4.78 is 10.5. The second-order valence-electron chi connectivity index (χ2n) is 6.27. The fraction of sp³-hybridized carbons (Fsp3) is 0.316. The average molecular weight is 371 g/mol. The Bertz CT molecular complexity index is 864. The van der Waals surface area contributed by atoms with E-state index in [4.69, 9.17) is 9.47 Å². The molecule has 0 atom stereocenters. The normalized spacial score (nSPS) is 13.0. The first-order chi connectivity index (χ1) is 13.0. The number of nitrogens with zero attached hydrogens (tertiary/aromatic N) is 1. The lowest BCUT2D eigenvalue weighted by atomic mass is 10.1. The molecule has 1 fully saturated rings. The number of nitro groups is 1. The van der Waals surface area contributed by atoms with E-state index in [0.29, 0.717) is 17.2 Å². The van der Waals surface area contributed by atoms with Crippen molar-refractivity contribution in [2.75, 3.05) is 19.5 Å². The molecule has 3 rings (SSSR count). The number of benzene rings is 2. The zero-order valence-corrected chi connectivity index (χ0v) is 15.2. The van der Waals surface area contributed by atoms with E-state index in [2.05, 4.69) is 10.6 Å². The van der Waals surface area contributed by atoms with Crippen LogP contribution in [0.15, 0.2) is 36.4 Å². The Balaban J connectivity index is 1.72. The van der Waals surface area contributed by atoms with Crippen LogP contribution in [0.2, 0.25) is 0 Å². The maximum atomic E-state index is 12.4. The number of methoxy groups -OCH3 is 2. The van der Waals surface area contributed by atoms with Gasteiger partial charge in [-0.3, -0.25) is 14.9 Å². The van der Waals surface area contributed by atoms with Crippen LogP contribution >= 0.6 is 0 Å². The van der Waals surface area contributed by atoms with Crippen LogP contribution in [0.3, 0.4) is 0 Å². The third-order valence-corrected chi connectivity index (χ3v) is 4.33. The quantitative estimate of drug-likeness (QED) is 0.546. The number of ether oxygens (including phenoxy) is 2. The minimum atomic E-state index is -0.478. The summed E-state index contributed by atoms with van der Waals surface area (Å²) in [5.74, 6) is 0.842. The van der Waals surface area contributed by atoms with Gasteiger partial charge in [-0.2, -0.15) is 0 Å². The Morgan fingerprint density at radius 2 is 1.96 bits per heavy atom. The molecular weight excluding hydrogens is 350 g/mol. The van der Waals surface area contributed by atoms with Gasteiger partial charge in [-0.25, -0.2) is 0 Å². The fourth-order valence-electron chi connectivity index (χ4n) is 2.67. The highest BCUT2D eigenvalue weighted by Gasteiger charge is 2.25. The highest BCUT2D eigenvalue weighted by Crippen LogP contribution is 2.31. The Morgan fingerprint density at radius 1 is 1.19 bits per heavy atom. The molecule has 27 heavy (non-hydrogen) atoms. The third-order valence-electron chi connectivity index (χ3n) is 4.33. The Hall–Kier alpha value is -3.29. The number of nitro benzene ring substituents is 1. The number of carbonyl (C=O) groups is 1. The predicted octanol–water partition coefficient (Wildman–Crippen LogP) is 3.12. The van der Waals surface area contributed by atoms with Crippen molar-refractivity contribution in [1.29, 1.82) is 0 Å². The van der Waals surface area contributed by atoms with Gasteiger partial charge in [-0.05, 0) is 37.1 Å². The molecule has 1 aliphatic rings. The van der Waals surface area contributed by atoms with Gasteiger partial charge in [0.25, 0.3) is 11.6 Å². The van der Waals surface area contributed by atoms with Crippen molar-refractivity contribution in [2.24, 2.45) is 0 Å². The summed E-state index contributed by atoms with van der Waals surface area (Å²) in [6, 6.07) is 10.0. The van der Waals surface area contributed by atoms with E-state index in [1.807, 2.05) is 0 Å². The predicted molar refractivity (Wildman–Crippen MR) is 100 cm³/mol. The van der Waals surface area contributed by atoms with Gasteiger partial charge < -0.3 is 20.1 Å². The van der Waals surface area contributed by atoms with E-state index < -0.39 is 10.8 Å². The number of rotatable bonds is 8. The third kappa shape index (κ3) is 4.46. The van der Waals surface area contributed by atoms with Crippen LogP contribution in [-0.4, -0.2) is 31.1 Å². The summed E-state index contributed by atoms with van der Waals surface area (Å²) in [5, 5.41) is 17.2. The van der Waals surface area contributed by atoms with Gasteiger partial charge >= 0.3 is 0 Å². The molecular formula is C19H21N3O5. The van der Waals surface area contributed by atoms with E-state index in [9.17, 15) is 14.9 Å². The molecule has 0 bridgehead atoms. The highest BCUT2D eigenvalue weighted by molar-refractivity contribution is 5.95. The van der Waals surface area contributed by atoms with Crippen molar-refractivity contribution in [2.45, 2.75) is 25.4 Å². The Kier molecular flexibility index (Phi) is 5.44. The number of hydrogen-bond acceptors (Lipinski definition) is 6. The molecule has 0 heterocycles. The molecule has 0 spiro atoms. The standard InChI is InChI=1S/C19H21N3O5/c1-26-15-7-3-13(18(10-15)27-2)11-20-19(23)12-4-8-16(21-14-5-6-14)17(9-12)22(24)25/h3-4,7-10,14,21H,5-6,11H2,1-2H3,(H,20,23). The van der Waals surface area contributed by atoms with Gasteiger partial charge in [0.05, 0.1) is 19.1 Å². The topological polar surface area (TPSA) is 103 Å². The van der Waals surface area contributed by atoms with Gasteiger partial charge in [0.15, 0.2) is 0 Å². The molecule has 2 aromatic rings. The lowest BCUT2D eigenvalue weighted by molar-refractivity contribution is -0.384. The number of hydrogen-bond donors (Lipinski definition) is 2. The smallest absolute Gasteiger partial charge is 0.293 e. The summed E-state index contributed by atoms with van der Waals surface area (Å²) in [7, 11) is 3.10. The molecule has 0 aromatic heterocycles. The van der Waals surface area contributed by atoms with Crippen molar-refractivity contribution in [3.8, 4) is 11.5 Å². The van der Waals surface area contributed by atoms with E-state index in [1.54, 1.807) is 37.4 Å². The minimum Gasteiger partial charge on any atom is -0.497 e. The molecule has 8 heteroatoms. The first kappa shape index (κ1) is 18.5. The minimum absolute atomic E-state index is 0.100. The Morgan fingerprint density at radius 3 is 2.59 bits per heavy atom. The second kappa shape index (κ2) is 7.94. The molecule has 1 saturated carbocycles. The van der Waals surface area contributed by atoms with Crippen LogP contribution in [0.5, 0.6) is 11.5 Å². The van der Waals surface area contributed by atoms with E-state index >= 15 is 0 Å².